The Kier molecular flexibility index (Phi) is 5.13. The van der Waals surface area contributed by atoms with E-state index >= 15 is 0 Å². The van der Waals surface area contributed by atoms with E-state index in [9.17, 15) is 5.26 Å². The van der Waals surface area contributed by atoms with Crippen molar-refractivity contribution >= 4 is 0 Å². The minimum atomic E-state index is 0.263. The largest absolute Gasteiger partial charge is 0.296 e. The highest BCUT2D eigenvalue weighted by Gasteiger charge is 2.41. The second-order valence-electron chi connectivity index (χ2n) is 7.74. The van der Waals surface area contributed by atoms with Crippen LogP contribution in [0.1, 0.15) is 72.6 Å². The van der Waals surface area contributed by atoms with Gasteiger partial charge in [-0.3, -0.25) is 4.90 Å². The summed E-state index contributed by atoms with van der Waals surface area (Å²) in [6, 6.07) is 3.81. The smallest absolute Gasteiger partial charge is 0.0672 e. The van der Waals surface area contributed by atoms with Crippen molar-refractivity contribution < 1.29 is 0 Å². The fourth-order valence-electron chi connectivity index (χ4n) is 4.28. The summed E-state index contributed by atoms with van der Waals surface area (Å²) < 4.78 is 0. The van der Waals surface area contributed by atoms with Crippen molar-refractivity contribution in [2.24, 2.45) is 17.3 Å². The lowest BCUT2D eigenvalue weighted by molar-refractivity contribution is 0.0171. The van der Waals surface area contributed by atoms with Crippen LogP contribution in [0.5, 0.6) is 0 Å². The van der Waals surface area contributed by atoms with Gasteiger partial charge in [-0.15, -0.1) is 0 Å². The normalized spacial score (nSPS) is 36.5. The summed E-state index contributed by atoms with van der Waals surface area (Å²) in [6.45, 7) is 10.7. The van der Waals surface area contributed by atoms with Gasteiger partial charge in [0, 0.05) is 12.1 Å². The minimum Gasteiger partial charge on any atom is -0.296 e. The van der Waals surface area contributed by atoms with Crippen molar-refractivity contribution in [1.82, 2.24) is 4.90 Å². The summed E-state index contributed by atoms with van der Waals surface area (Å²) in [4.78, 5) is 2.68. The Morgan fingerprint density at radius 1 is 1.20 bits per heavy atom. The van der Waals surface area contributed by atoms with E-state index < -0.39 is 0 Å². The van der Waals surface area contributed by atoms with Crippen LogP contribution in [0.3, 0.4) is 0 Å². The molecule has 4 atom stereocenters. The summed E-state index contributed by atoms with van der Waals surface area (Å²) >= 11 is 0. The van der Waals surface area contributed by atoms with Gasteiger partial charge in [-0.05, 0) is 56.9 Å². The zero-order valence-corrected chi connectivity index (χ0v) is 13.9. The molecule has 1 saturated heterocycles. The van der Waals surface area contributed by atoms with Gasteiger partial charge in [0.05, 0.1) is 12.0 Å². The Labute approximate surface area is 125 Å². The van der Waals surface area contributed by atoms with E-state index in [0.717, 1.165) is 12.3 Å². The molecule has 114 valence electrons. The molecule has 1 heterocycles. The molecule has 2 fully saturated rings. The zero-order chi connectivity index (χ0) is 14.8. The fraction of sp³-hybridized carbons (Fsp3) is 0.944. The Morgan fingerprint density at radius 2 is 1.95 bits per heavy atom. The first-order chi connectivity index (χ1) is 9.49. The van der Waals surface area contributed by atoms with Crippen LogP contribution >= 0.6 is 0 Å². The van der Waals surface area contributed by atoms with Crippen molar-refractivity contribution in [2.45, 2.75) is 84.7 Å². The highest BCUT2D eigenvalue weighted by Crippen LogP contribution is 2.44. The van der Waals surface area contributed by atoms with E-state index in [2.05, 4.69) is 38.7 Å². The fourth-order valence-corrected chi connectivity index (χ4v) is 4.28. The van der Waals surface area contributed by atoms with E-state index in [1.807, 2.05) is 0 Å². The van der Waals surface area contributed by atoms with Gasteiger partial charge in [0.2, 0.25) is 0 Å². The molecule has 4 unspecified atom stereocenters. The van der Waals surface area contributed by atoms with Crippen LogP contribution in [0.2, 0.25) is 0 Å². The Hall–Kier alpha value is -0.550. The standard InChI is InChI=1S/C18H32N2/c1-5-18(3,4)16-10-9-15(13-19)17(12-16)20-11-7-6-8-14(20)2/h14-17H,5-12H2,1-4H3. The minimum absolute atomic E-state index is 0.263. The number of piperidine rings is 1. The van der Waals surface area contributed by atoms with Crippen LogP contribution < -0.4 is 0 Å². The van der Waals surface area contributed by atoms with E-state index in [1.54, 1.807) is 0 Å². The van der Waals surface area contributed by atoms with E-state index in [-0.39, 0.29) is 5.92 Å². The molecule has 0 aromatic heterocycles. The molecule has 2 rings (SSSR count). The van der Waals surface area contributed by atoms with Gasteiger partial charge in [-0.2, -0.15) is 5.26 Å². The predicted octanol–water partition coefficient (Wildman–Crippen LogP) is 4.61. The lowest BCUT2D eigenvalue weighted by Gasteiger charge is -2.48. The van der Waals surface area contributed by atoms with Crippen LogP contribution in [0.25, 0.3) is 0 Å². The quantitative estimate of drug-likeness (QED) is 0.753. The molecule has 0 amide bonds. The molecule has 2 heteroatoms. The number of nitrogens with zero attached hydrogens (tertiary/aromatic N) is 2. The van der Waals surface area contributed by atoms with Crippen LogP contribution in [0.15, 0.2) is 0 Å². The van der Waals surface area contributed by atoms with Crippen LogP contribution in [0, 0.1) is 28.6 Å². The Bertz CT molecular complexity index is 355. The molecule has 1 aliphatic heterocycles. The molecule has 0 radical (unpaired) electrons. The SMILES string of the molecule is CCC(C)(C)C1CCC(C#N)C(N2CCCCC2C)C1. The number of hydrogen-bond donors (Lipinski definition) is 0. The van der Waals surface area contributed by atoms with Crippen molar-refractivity contribution in [2.75, 3.05) is 6.54 Å². The first kappa shape index (κ1) is 15.8. The summed E-state index contributed by atoms with van der Waals surface area (Å²) in [5.74, 6) is 1.05. The lowest BCUT2D eigenvalue weighted by Crippen LogP contribution is -2.51. The third kappa shape index (κ3) is 3.19. The molecule has 1 aliphatic carbocycles. The van der Waals surface area contributed by atoms with Crippen molar-refractivity contribution in [3.8, 4) is 6.07 Å². The van der Waals surface area contributed by atoms with Gasteiger partial charge < -0.3 is 0 Å². The number of hydrogen-bond acceptors (Lipinski definition) is 2. The monoisotopic (exact) mass is 276 g/mol. The van der Waals surface area contributed by atoms with Gasteiger partial charge in [-0.1, -0.05) is 33.6 Å². The molecule has 2 aliphatic rings. The Morgan fingerprint density at radius 3 is 2.55 bits per heavy atom. The zero-order valence-electron chi connectivity index (χ0n) is 13.9. The number of rotatable bonds is 3. The Balaban J connectivity index is 2.12. The highest BCUT2D eigenvalue weighted by molar-refractivity contribution is 5.01. The second kappa shape index (κ2) is 6.48. The molecule has 0 aromatic carbocycles. The van der Waals surface area contributed by atoms with E-state index in [0.29, 0.717) is 17.5 Å². The molecular weight excluding hydrogens is 244 g/mol. The highest BCUT2D eigenvalue weighted by atomic mass is 15.2. The summed E-state index contributed by atoms with van der Waals surface area (Å²) in [6.07, 6.45) is 8.85. The third-order valence-electron chi connectivity index (χ3n) is 6.28. The molecule has 0 bridgehead atoms. The maximum Gasteiger partial charge on any atom is 0.0672 e. The molecule has 0 aromatic rings. The van der Waals surface area contributed by atoms with Crippen LogP contribution in [0.4, 0.5) is 0 Å². The molecule has 0 N–H and O–H groups in total. The second-order valence-corrected chi connectivity index (χ2v) is 7.74. The van der Waals surface area contributed by atoms with Crippen molar-refractivity contribution in [3.63, 3.8) is 0 Å². The number of nitriles is 1. The first-order valence-electron chi connectivity index (χ1n) is 8.65. The van der Waals surface area contributed by atoms with Crippen molar-refractivity contribution in [3.05, 3.63) is 0 Å². The molecule has 2 nitrogen and oxygen atoms in total. The summed E-state index contributed by atoms with van der Waals surface area (Å²) in [7, 11) is 0. The first-order valence-corrected chi connectivity index (χ1v) is 8.65. The van der Waals surface area contributed by atoms with Crippen LogP contribution in [-0.4, -0.2) is 23.5 Å². The molecule has 0 spiro atoms. The van der Waals surface area contributed by atoms with Gasteiger partial charge in [0.25, 0.3) is 0 Å². The molecule has 1 saturated carbocycles. The van der Waals surface area contributed by atoms with Gasteiger partial charge in [0.1, 0.15) is 0 Å². The predicted molar refractivity (Wildman–Crippen MR) is 84.3 cm³/mol. The summed E-state index contributed by atoms with van der Waals surface area (Å²) in [5.41, 5.74) is 0.428. The lowest BCUT2D eigenvalue weighted by atomic mass is 9.65. The van der Waals surface area contributed by atoms with Gasteiger partial charge in [-0.25, -0.2) is 0 Å². The maximum absolute atomic E-state index is 9.55. The van der Waals surface area contributed by atoms with Crippen LogP contribution in [-0.2, 0) is 0 Å². The van der Waals surface area contributed by atoms with Gasteiger partial charge >= 0.3 is 0 Å². The molecule has 20 heavy (non-hydrogen) atoms. The number of likely N-dealkylation sites (tertiary alicyclic amines) is 1. The van der Waals surface area contributed by atoms with Gasteiger partial charge in [0.15, 0.2) is 0 Å². The van der Waals surface area contributed by atoms with E-state index in [4.69, 9.17) is 0 Å². The average Bonchev–Trinajstić information content (AvgIpc) is 2.47. The maximum atomic E-state index is 9.55. The summed E-state index contributed by atoms with van der Waals surface area (Å²) in [5, 5.41) is 9.55. The third-order valence-corrected chi connectivity index (χ3v) is 6.28. The van der Waals surface area contributed by atoms with E-state index in [1.165, 1.54) is 45.1 Å². The topological polar surface area (TPSA) is 27.0 Å². The van der Waals surface area contributed by atoms with Crippen molar-refractivity contribution in [1.29, 1.82) is 5.26 Å². The molecular formula is C18H32N2. The average molecular weight is 276 g/mol.